The van der Waals surface area contributed by atoms with Crippen molar-refractivity contribution >= 4 is 17.2 Å². The third-order valence-electron chi connectivity index (χ3n) is 5.35. The number of hydrogen-bond donors (Lipinski definition) is 2. The van der Waals surface area contributed by atoms with Crippen LogP contribution in [0, 0.1) is 17.2 Å². The van der Waals surface area contributed by atoms with Gasteiger partial charge in [0.05, 0.1) is 24.9 Å². The van der Waals surface area contributed by atoms with Crippen molar-refractivity contribution in [2.45, 2.75) is 18.9 Å². The fourth-order valence-electron chi connectivity index (χ4n) is 3.56. The fraction of sp³-hybridized carbons (Fsp3) is 0.364. The van der Waals surface area contributed by atoms with Gasteiger partial charge in [0.2, 0.25) is 5.91 Å². The van der Waals surface area contributed by atoms with Crippen molar-refractivity contribution < 1.29 is 14.3 Å². The molecule has 3 aromatic heterocycles. The molecule has 1 saturated heterocycles. The highest BCUT2D eigenvalue weighted by atomic mass is 16.5. The smallest absolute Gasteiger partial charge is 0.228 e. The van der Waals surface area contributed by atoms with Crippen LogP contribution in [-0.4, -0.2) is 52.9 Å². The molecule has 3 aromatic rings. The molecule has 2 N–H and O–H groups in total. The van der Waals surface area contributed by atoms with Gasteiger partial charge in [0, 0.05) is 36.8 Å². The van der Waals surface area contributed by atoms with E-state index in [2.05, 4.69) is 26.8 Å². The first-order valence-electron chi connectivity index (χ1n) is 10.4. The Morgan fingerprint density at radius 1 is 1.35 bits per heavy atom. The molecule has 1 aliphatic carbocycles. The van der Waals surface area contributed by atoms with Crippen molar-refractivity contribution in [1.29, 1.82) is 5.26 Å². The van der Waals surface area contributed by atoms with Crippen LogP contribution < -0.4 is 15.4 Å². The fourth-order valence-corrected chi connectivity index (χ4v) is 3.56. The minimum atomic E-state index is -0.154. The Morgan fingerprint density at radius 3 is 3.10 bits per heavy atom. The van der Waals surface area contributed by atoms with Crippen molar-refractivity contribution in [2.75, 3.05) is 31.6 Å². The van der Waals surface area contributed by atoms with Gasteiger partial charge in [-0.25, -0.2) is 9.50 Å². The predicted octanol–water partition coefficient (Wildman–Crippen LogP) is 1.98. The Hall–Kier alpha value is -3.48. The molecule has 9 nitrogen and oxygen atoms in total. The van der Waals surface area contributed by atoms with E-state index in [1.165, 1.54) is 0 Å². The van der Waals surface area contributed by atoms with Gasteiger partial charge >= 0.3 is 0 Å². The topological polar surface area (TPSA) is 114 Å². The number of nitriles is 1. The Morgan fingerprint density at radius 2 is 2.26 bits per heavy atom. The summed E-state index contributed by atoms with van der Waals surface area (Å²) in [6, 6.07) is 9.49. The summed E-state index contributed by atoms with van der Waals surface area (Å²) in [5.74, 6) is 1.25. The van der Waals surface area contributed by atoms with E-state index in [1.807, 2.05) is 24.4 Å². The largest absolute Gasteiger partial charge is 0.484 e. The number of pyridine rings is 2. The lowest BCUT2D eigenvalue weighted by Gasteiger charge is -2.19. The molecule has 0 aromatic carbocycles. The normalized spacial score (nSPS) is 18.9. The number of carbonyl (C=O) groups is 1. The summed E-state index contributed by atoms with van der Waals surface area (Å²) in [4.78, 5) is 16.2. The number of rotatable bonds is 5. The number of carbonyl (C=O) groups excluding carboxylic acids is 1. The predicted molar refractivity (Wildman–Crippen MR) is 113 cm³/mol. The molecule has 9 heteroatoms. The van der Waals surface area contributed by atoms with E-state index in [4.69, 9.17) is 9.47 Å². The molecular formula is C22H22N6O3. The van der Waals surface area contributed by atoms with Crippen LogP contribution in [0.5, 0.6) is 5.75 Å². The van der Waals surface area contributed by atoms with Crippen LogP contribution in [0.2, 0.25) is 0 Å². The standard InChI is InChI=1S/C22H22N6O3/c23-10-16-8-19(20(12-25-16)31-18-11-24-4-6-30-13-18)15-3-5-28-17(7-15)9-21(27-28)26-22(29)14-1-2-14/h3,5,7-9,12,14,18,24H,1-2,4,6,11,13H2,(H,26,27,29)/t18-/m0/s1. The van der Waals surface area contributed by atoms with Gasteiger partial charge in [-0.2, -0.15) is 10.4 Å². The van der Waals surface area contributed by atoms with Gasteiger partial charge in [-0.05, 0) is 36.6 Å². The molecule has 1 saturated carbocycles. The van der Waals surface area contributed by atoms with Crippen molar-refractivity contribution in [3.05, 3.63) is 42.4 Å². The van der Waals surface area contributed by atoms with Gasteiger partial charge in [0.25, 0.3) is 0 Å². The van der Waals surface area contributed by atoms with Crippen LogP contribution in [0.4, 0.5) is 5.82 Å². The van der Waals surface area contributed by atoms with E-state index >= 15 is 0 Å². The van der Waals surface area contributed by atoms with Crippen LogP contribution in [0.15, 0.2) is 36.7 Å². The Bertz CT molecular complexity index is 1160. The van der Waals surface area contributed by atoms with Gasteiger partial charge in [0.15, 0.2) is 5.82 Å². The van der Waals surface area contributed by atoms with E-state index in [-0.39, 0.29) is 17.9 Å². The lowest BCUT2D eigenvalue weighted by atomic mass is 10.1. The number of ether oxygens (including phenoxy) is 2. The van der Waals surface area contributed by atoms with Crippen LogP contribution in [0.25, 0.3) is 16.6 Å². The second-order valence-electron chi connectivity index (χ2n) is 7.77. The van der Waals surface area contributed by atoms with Gasteiger partial charge in [-0.1, -0.05) is 0 Å². The number of amides is 1. The van der Waals surface area contributed by atoms with Crippen molar-refractivity contribution in [3.8, 4) is 22.9 Å². The molecule has 0 radical (unpaired) electrons. The third kappa shape index (κ3) is 4.35. The van der Waals surface area contributed by atoms with E-state index in [9.17, 15) is 10.1 Å². The molecule has 1 aliphatic heterocycles. The summed E-state index contributed by atoms with van der Waals surface area (Å²) in [6.07, 6.45) is 5.14. The van der Waals surface area contributed by atoms with Gasteiger partial charge in [-0.15, -0.1) is 0 Å². The van der Waals surface area contributed by atoms with Gasteiger partial charge in [-0.3, -0.25) is 4.79 Å². The minimum Gasteiger partial charge on any atom is -0.484 e. The molecule has 2 aliphatic rings. The zero-order chi connectivity index (χ0) is 21.2. The summed E-state index contributed by atoms with van der Waals surface area (Å²) in [6.45, 7) is 2.59. The van der Waals surface area contributed by atoms with Gasteiger partial charge in [0.1, 0.15) is 23.6 Å². The second-order valence-corrected chi connectivity index (χ2v) is 7.77. The summed E-state index contributed by atoms with van der Waals surface area (Å²) in [7, 11) is 0. The molecule has 0 unspecified atom stereocenters. The maximum Gasteiger partial charge on any atom is 0.228 e. The van der Waals surface area contributed by atoms with Gasteiger partial charge < -0.3 is 20.1 Å². The summed E-state index contributed by atoms with van der Waals surface area (Å²) < 4.78 is 13.5. The SMILES string of the molecule is N#Cc1cc(-c2ccn3nc(NC(=O)C4CC4)cc3c2)c(O[C@H]2CNCCOC2)cn1. The maximum atomic E-state index is 12.0. The van der Waals surface area contributed by atoms with E-state index in [1.54, 1.807) is 16.8 Å². The Balaban J connectivity index is 1.45. The van der Waals surface area contributed by atoms with Crippen LogP contribution >= 0.6 is 0 Å². The number of nitrogens with one attached hydrogen (secondary N) is 2. The zero-order valence-electron chi connectivity index (χ0n) is 16.9. The molecule has 5 rings (SSSR count). The second kappa shape index (κ2) is 8.34. The Labute approximate surface area is 179 Å². The third-order valence-corrected chi connectivity index (χ3v) is 5.35. The average molecular weight is 418 g/mol. The van der Waals surface area contributed by atoms with Crippen molar-refractivity contribution in [3.63, 3.8) is 0 Å². The van der Waals surface area contributed by atoms with E-state index < -0.39 is 0 Å². The lowest BCUT2D eigenvalue weighted by Crippen LogP contribution is -2.32. The number of hydrogen-bond acceptors (Lipinski definition) is 7. The first-order valence-corrected chi connectivity index (χ1v) is 10.4. The average Bonchev–Trinajstić information content (AvgIpc) is 3.59. The lowest BCUT2D eigenvalue weighted by molar-refractivity contribution is -0.117. The molecule has 0 bridgehead atoms. The molecule has 1 amide bonds. The minimum absolute atomic E-state index is 0.0198. The first-order chi connectivity index (χ1) is 15.2. The van der Waals surface area contributed by atoms with Crippen LogP contribution in [-0.2, 0) is 9.53 Å². The summed E-state index contributed by atoms with van der Waals surface area (Å²) in [5.41, 5.74) is 2.76. The molecular weight excluding hydrogens is 396 g/mol. The Kier molecular flexibility index (Phi) is 5.24. The highest BCUT2D eigenvalue weighted by Gasteiger charge is 2.30. The van der Waals surface area contributed by atoms with E-state index in [0.29, 0.717) is 37.0 Å². The monoisotopic (exact) mass is 418 g/mol. The molecule has 4 heterocycles. The highest BCUT2D eigenvalue weighted by molar-refractivity contribution is 5.93. The number of nitrogens with zero attached hydrogens (tertiary/aromatic N) is 4. The quantitative estimate of drug-likeness (QED) is 0.651. The molecule has 0 spiro atoms. The highest BCUT2D eigenvalue weighted by Crippen LogP contribution is 2.33. The number of aromatic nitrogens is 3. The number of fused-ring (bicyclic) bond motifs is 1. The summed E-state index contributed by atoms with van der Waals surface area (Å²) >= 11 is 0. The molecule has 2 fully saturated rings. The number of anilines is 1. The summed E-state index contributed by atoms with van der Waals surface area (Å²) in [5, 5.41) is 19.9. The zero-order valence-corrected chi connectivity index (χ0v) is 16.9. The van der Waals surface area contributed by atoms with Crippen LogP contribution in [0.3, 0.4) is 0 Å². The molecule has 31 heavy (non-hydrogen) atoms. The maximum absolute atomic E-state index is 12.0. The molecule has 158 valence electrons. The van der Waals surface area contributed by atoms with Crippen molar-refractivity contribution in [1.82, 2.24) is 19.9 Å². The molecule has 1 atom stereocenters. The van der Waals surface area contributed by atoms with Crippen LogP contribution in [0.1, 0.15) is 18.5 Å². The first kappa shape index (κ1) is 19.5. The van der Waals surface area contributed by atoms with Crippen molar-refractivity contribution in [2.24, 2.45) is 5.92 Å². The van der Waals surface area contributed by atoms with E-state index in [0.717, 1.165) is 36.0 Å².